The van der Waals surface area contributed by atoms with E-state index in [9.17, 15) is 4.79 Å². The van der Waals surface area contributed by atoms with Gasteiger partial charge in [-0.25, -0.2) is 0 Å². The lowest BCUT2D eigenvalue weighted by molar-refractivity contribution is -0.124. The maximum absolute atomic E-state index is 13.0. The van der Waals surface area contributed by atoms with Crippen molar-refractivity contribution in [2.45, 2.75) is 44.8 Å². The fourth-order valence-corrected chi connectivity index (χ4v) is 5.58. The van der Waals surface area contributed by atoms with Gasteiger partial charge in [0.2, 0.25) is 0 Å². The molecule has 4 rings (SSSR count). The molecular formula is C24H24BrNO3S2. The SMILES string of the molecule is COc1cc(/C=C2\SC(=S)N(C3CCCCC3)C2=O)ccc1OCc1ccc(Br)cc1. The van der Waals surface area contributed by atoms with Gasteiger partial charge in [-0.1, -0.05) is 77.4 Å². The molecule has 0 unspecified atom stereocenters. The fourth-order valence-electron chi connectivity index (χ4n) is 3.92. The third kappa shape index (κ3) is 5.33. The van der Waals surface area contributed by atoms with Crippen LogP contribution in [-0.4, -0.2) is 28.3 Å². The molecule has 31 heavy (non-hydrogen) atoms. The minimum atomic E-state index is 0.0245. The molecule has 1 heterocycles. The number of nitrogens with zero attached hydrogens (tertiary/aromatic N) is 1. The summed E-state index contributed by atoms with van der Waals surface area (Å²) in [6, 6.07) is 14.0. The molecule has 2 aromatic rings. The fraction of sp³-hybridized carbons (Fsp3) is 0.333. The average Bonchev–Trinajstić information content (AvgIpc) is 3.07. The van der Waals surface area contributed by atoms with Gasteiger partial charge in [0.1, 0.15) is 10.9 Å². The third-order valence-electron chi connectivity index (χ3n) is 5.56. The highest BCUT2D eigenvalue weighted by atomic mass is 79.9. The molecule has 1 aliphatic heterocycles. The molecule has 0 N–H and O–H groups in total. The number of halogens is 1. The molecule has 2 aliphatic rings. The number of thioether (sulfide) groups is 1. The molecule has 0 aromatic heterocycles. The van der Waals surface area contributed by atoms with Gasteiger partial charge < -0.3 is 9.47 Å². The van der Waals surface area contributed by atoms with Gasteiger partial charge in [-0.15, -0.1) is 0 Å². The summed E-state index contributed by atoms with van der Waals surface area (Å²) >= 11 is 10.4. The number of amides is 1. The van der Waals surface area contributed by atoms with Gasteiger partial charge in [-0.05, 0) is 54.3 Å². The van der Waals surface area contributed by atoms with E-state index < -0.39 is 0 Å². The molecule has 162 valence electrons. The van der Waals surface area contributed by atoms with E-state index in [4.69, 9.17) is 21.7 Å². The van der Waals surface area contributed by atoms with Crippen molar-refractivity contribution in [3.63, 3.8) is 0 Å². The molecule has 0 spiro atoms. The van der Waals surface area contributed by atoms with E-state index in [1.54, 1.807) is 7.11 Å². The van der Waals surface area contributed by atoms with Crippen LogP contribution in [0.5, 0.6) is 11.5 Å². The minimum absolute atomic E-state index is 0.0245. The predicted octanol–water partition coefficient (Wildman–Crippen LogP) is 6.57. The van der Waals surface area contributed by atoms with E-state index in [1.165, 1.54) is 31.0 Å². The van der Waals surface area contributed by atoms with Crippen LogP contribution in [0.1, 0.15) is 43.2 Å². The number of benzene rings is 2. The zero-order valence-electron chi connectivity index (χ0n) is 17.3. The maximum atomic E-state index is 13.0. The highest BCUT2D eigenvalue weighted by Gasteiger charge is 2.37. The number of methoxy groups -OCH3 is 1. The van der Waals surface area contributed by atoms with Crippen LogP contribution in [0.2, 0.25) is 0 Å². The van der Waals surface area contributed by atoms with Crippen LogP contribution in [-0.2, 0) is 11.4 Å². The predicted molar refractivity (Wildman–Crippen MR) is 133 cm³/mol. The number of carbonyl (C=O) groups excluding carboxylic acids is 1. The number of thiocarbonyl (C=S) groups is 1. The highest BCUT2D eigenvalue weighted by molar-refractivity contribution is 9.10. The number of rotatable bonds is 6. The largest absolute Gasteiger partial charge is 0.493 e. The highest BCUT2D eigenvalue weighted by Crippen LogP contribution is 2.38. The second-order valence-electron chi connectivity index (χ2n) is 7.67. The molecule has 7 heteroatoms. The van der Waals surface area contributed by atoms with E-state index in [0.29, 0.717) is 27.3 Å². The molecule has 1 saturated heterocycles. The first-order chi connectivity index (χ1) is 15.0. The first kappa shape index (κ1) is 22.4. The molecule has 2 aromatic carbocycles. The van der Waals surface area contributed by atoms with E-state index in [2.05, 4.69) is 15.9 Å². The Balaban J connectivity index is 1.48. The number of hydrogen-bond acceptors (Lipinski definition) is 5. The standard InChI is InChI=1S/C24H24BrNO3S2/c1-28-21-13-17(9-12-20(21)29-15-16-7-10-18(25)11-8-16)14-22-23(27)26(24(30)31-22)19-5-3-2-4-6-19/h7-14,19H,2-6,15H2,1H3/b22-14-. The van der Waals surface area contributed by atoms with Crippen LogP contribution < -0.4 is 9.47 Å². The third-order valence-corrected chi connectivity index (χ3v) is 7.42. The topological polar surface area (TPSA) is 38.8 Å². The van der Waals surface area contributed by atoms with Crippen LogP contribution in [0.25, 0.3) is 6.08 Å². The van der Waals surface area contributed by atoms with Gasteiger partial charge in [0.25, 0.3) is 5.91 Å². The van der Waals surface area contributed by atoms with Crippen LogP contribution >= 0.6 is 39.9 Å². The van der Waals surface area contributed by atoms with Crippen LogP contribution in [0.3, 0.4) is 0 Å². The smallest absolute Gasteiger partial charge is 0.266 e. The Morgan fingerprint density at radius 3 is 2.58 bits per heavy atom. The van der Waals surface area contributed by atoms with E-state index in [1.807, 2.05) is 53.4 Å². The molecule has 2 fully saturated rings. The minimum Gasteiger partial charge on any atom is -0.493 e. The van der Waals surface area contributed by atoms with Crippen molar-refractivity contribution < 1.29 is 14.3 Å². The van der Waals surface area contributed by atoms with Gasteiger partial charge in [0, 0.05) is 10.5 Å². The van der Waals surface area contributed by atoms with Gasteiger partial charge >= 0.3 is 0 Å². The summed E-state index contributed by atoms with van der Waals surface area (Å²) in [6.45, 7) is 0.447. The summed E-state index contributed by atoms with van der Waals surface area (Å²) in [5.74, 6) is 1.32. The monoisotopic (exact) mass is 517 g/mol. The Bertz CT molecular complexity index is 1000. The van der Waals surface area contributed by atoms with E-state index in [-0.39, 0.29) is 11.9 Å². The number of carbonyl (C=O) groups is 1. The molecule has 4 nitrogen and oxygen atoms in total. The number of hydrogen-bond donors (Lipinski definition) is 0. The summed E-state index contributed by atoms with van der Waals surface area (Å²) in [6.07, 6.45) is 7.55. The molecule has 1 amide bonds. The normalized spacial score (nSPS) is 18.6. The van der Waals surface area contributed by atoms with Crippen molar-refractivity contribution in [2.24, 2.45) is 0 Å². The maximum Gasteiger partial charge on any atom is 0.266 e. The van der Waals surface area contributed by atoms with Crippen molar-refractivity contribution in [2.75, 3.05) is 7.11 Å². The molecule has 1 aliphatic carbocycles. The Kier molecular flexibility index (Phi) is 7.35. The summed E-state index contributed by atoms with van der Waals surface area (Å²) < 4.78 is 13.2. The van der Waals surface area contributed by atoms with Crippen molar-refractivity contribution in [3.8, 4) is 11.5 Å². The van der Waals surface area contributed by atoms with E-state index >= 15 is 0 Å². The second kappa shape index (κ2) is 10.2. The summed E-state index contributed by atoms with van der Waals surface area (Å²) in [5.41, 5.74) is 1.96. The van der Waals surface area contributed by atoms with Crippen LogP contribution in [0.15, 0.2) is 51.8 Å². The molecule has 0 radical (unpaired) electrons. The van der Waals surface area contributed by atoms with Crippen molar-refractivity contribution in [1.29, 1.82) is 0 Å². The molecular weight excluding hydrogens is 494 g/mol. The zero-order chi connectivity index (χ0) is 21.8. The van der Waals surface area contributed by atoms with Crippen LogP contribution in [0.4, 0.5) is 0 Å². The lowest BCUT2D eigenvalue weighted by Crippen LogP contribution is -2.39. The van der Waals surface area contributed by atoms with Gasteiger partial charge in [-0.3, -0.25) is 9.69 Å². The van der Waals surface area contributed by atoms with Gasteiger partial charge in [0.05, 0.1) is 12.0 Å². The van der Waals surface area contributed by atoms with E-state index in [0.717, 1.165) is 28.4 Å². The summed E-state index contributed by atoms with van der Waals surface area (Å²) in [7, 11) is 1.62. The van der Waals surface area contributed by atoms with Crippen molar-refractivity contribution >= 4 is 56.2 Å². The lowest BCUT2D eigenvalue weighted by Gasteiger charge is -2.29. The zero-order valence-corrected chi connectivity index (χ0v) is 20.5. The van der Waals surface area contributed by atoms with Crippen molar-refractivity contribution in [3.05, 3.63) is 63.0 Å². The van der Waals surface area contributed by atoms with Crippen LogP contribution in [0, 0.1) is 0 Å². The summed E-state index contributed by atoms with van der Waals surface area (Å²) in [4.78, 5) is 15.5. The second-order valence-corrected chi connectivity index (χ2v) is 10.3. The van der Waals surface area contributed by atoms with Crippen molar-refractivity contribution in [1.82, 2.24) is 4.90 Å². The Morgan fingerprint density at radius 1 is 1.13 bits per heavy atom. The quantitative estimate of drug-likeness (QED) is 0.320. The molecule has 1 saturated carbocycles. The first-order valence-corrected chi connectivity index (χ1v) is 12.4. The number of ether oxygens (including phenoxy) is 2. The Hall–Kier alpha value is -1.83. The van der Waals surface area contributed by atoms with Gasteiger partial charge in [0.15, 0.2) is 11.5 Å². The Morgan fingerprint density at radius 2 is 1.87 bits per heavy atom. The Labute approximate surface area is 201 Å². The summed E-state index contributed by atoms with van der Waals surface area (Å²) in [5, 5.41) is 0. The first-order valence-electron chi connectivity index (χ1n) is 10.4. The van der Waals surface area contributed by atoms with Gasteiger partial charge in [-0.2, -0.15) is 0 Å². The lowest BCUT2D eigenvalue weighted by atomic mass is 9.94. The molecule has 0 bridgehead atoms. The average molecular weight is 518 g/mol. The molecule has 0 atom stereocenters.